The quantitative estimate of drug-likeness (QED) is 0.357. The maximum Gasteiger partial charge on any atom is 0.229 e. The van der Waals surface area contributed by atoms with Gasteiger partial charge < -0.3 is 26.4 Å². The van der Waals surface area contributed by atoms with Crippen molar-refractivity contribution in [3.8, 4) is 17.0 Å². The molecular weight excluding hydrogens is 432 g/mol. The lowest BCUT2D eigenvalue weighted by molar-refractivity contribution is -0.120. The molecule has 174 valence electrons. The van der Waals surface area contributed by atoms with Gasteiger partial charge in [-0.15, -0.1) is 0 Å². The Hall–Kier alpha value is -4.34. The zero-order valence-electron chi connectivity index (χ0n) is 18.8. The zero-order valence-corrected chi connectivity index (χ0v) is 18.8. The number of nitrogens with zero attached hydrogens (tertiary/aromatic N) is 4. The highest BCUT2D eigenvalue weighted by atomic mass is 16.5. The number of hydrogen-bond acceptors (Lipinski definition) is 8. The second-order valence-corrected chi connectivity index (χ2v) is 8.34. The van der Waals surface area contributed by atoms with Gasteiger partial charge in [0.1, 0.15) is 11.6 Å². The van der Waals surface area contributed by atoms with Crippen LogP contribution in [0, 0.1) is 5.92 Å². The normalized spacial score (nSPS) is 15.9. The van der Waals surface area contributed by atoms with Crippen LogP contribution in [0.3, 0.4) is 0 Å². The molecule has 1 aliphatic heterocycles. The van der Waals surface area contributed by atoms with Crippen molar-refractivity contribution < 1.29 is 9.53 Å². The zero-order chi connectivity index (χ0) is 23.7. The van der Waals surface area contributed by atoms with Crippen molar-refractivity contribution in [1.82, 2.24) is 20.2 Å². The second-order valence-electron chi connectivity index (χ2n) is 8.34. The third-order valence-electron chi connectivity index (χ3n) is 6.09. The molecule has 1 aliphatic rings. The molecule has 0 saturated carbocycles. The van der Waals surface area contributed by atoms with Gasteiger partial charge in [0, 0.05) is 35.8 Å². The average Bonchev–Trinajstić information content (AvgIpc) is 3.24. The molecule has 4 aromatic rings. The first-order valence-electron chi connectivity index (χ1n) is 11.1. The van der Waals surface area contributed by atoms with Gasteiger partial charge in [0.05, 0.1) is 24.2 Å². The lowest BCUT2D eigenvalue weighted by Gasteiger charge is -2.33. The molecule has 10 nitrogen and oxygen atoms in total. The van der Waals surface area contributed by atoms with E-state index in [0.29, 0.717) is 23.9 Å². The van der Waals surface area contributed by atoms with Crippen molar-refractivity contribution in [2.45, 2.75) is 12.8 Å². The number of amides is 1. The van der Waals surface area contributed by atoms with E-state index < -0.39 is 0 Å². The van der Waals surface area contributed by atoms with Crippen molar-refractivity contribution in [3.05, 3.63) is 48.5 Å². The molecule has 1 saturated heterocycles. The minimum absolute atomic E-state index is 0.0144. The number of nitrogens with one attached hydrogen (secondary N) is 2. The molecule has 0 spiro atoms. The summed E-state index contributed by atoms with van der Waals surface area (Å²) in [6, 6.07) is 15.0. The summed E-state index contributed by atoms with van der Waals surface area (Å²) in [6.45, 7) is 1.34. The van der Waals surface area contributed by atoms with Crippen LogP contribution in [0.2, 0.25) is 0 Å². The van der Waals surface area contributed by atoms with E-state index in [9.17, 15) is 4.79 Å². The first kappa shape index (κ1) is 21.5. The molecule has 0 unspecified atom stereocenters. The van der Waals surface area contributed by atoms with E-state index in [2.05, 4.69) is 30.4 Å². The highest BCUT2D eigenvalue weighted by Gasteiger charge is 2.27. The average molecular weight is 459 g/mol. The maximum absolute atomic E-state index is 12.9. The SMILES string of the molecule is COc1ccc(NC(=O)[C@H]2CCCN(c3cc(-c4ccc5c(N)n[nH]c5c4)nc(N)n3)C2)cc1. The number of aromatic amines is 1. The molecule has 10 heteroatoms. The Morgan fingerprint density at radius 3 is 2.76 bits per heavy atom. The fourth-order valence-electron chi connectivity index (χ4n) is 4.28. The van der Waals surface area contributed by atoms with E-state index in [4.69, 9.17) is 16.2 Å². The summed E-state index contributed by atoms with van der Waals surface area (Å²) in [5, 5.41) is 10.8. The molecule has 0 radical (unpaired) electrons. The van der Waals surface area contributed by atoms with Crippen LogP contribution in [0.25, 0.3) is 22.2 Å². The Balaban J connectivity index is 1.34. The largest absolute Gasteiger partial charge is 0.497 e. The number of piperidine rings is 1. The lowest BCUT2D eigenvalue weighted by atomic mass is 9.97. The highest BCUT2D eigenvalue weighted by Crippen LogP contribution is 2.29. The smallest absolute Gasteiger partial charge is 0.229 e. The maximum atomic E-state index is 12.9. The Morgan fingerprint density at radius 2 is 1.97 bits per heavy atom. The van der Waals surface area contributed by atoms with Crippen LogP contribution in [-0.4, -0.2) is 46.3 Å². The Kier molecular flexibility index (Phi) is 5.62. The van der Waals surface area contributed by atoms with E-state index in [1.165, 1.54) is 0 Å². The topological polar surface area (TPSA) is 148 Å². The van der Waals surface area contributed by atoms with E-state index in [1.807, 2.05) is 48.5 Å². The number of H-pyrrole nitrogens is 1. The Labute approximate surface area is 196 Å². The van der Waals surface area contributed by atoms with E-state index in [1.54, 1.807) is 7.11 Å². The molecule has 0 aliphatic carbocycles. The van der Waals surface area contributed by atoms with Gasteiger partial charge in [0.15, 0.2) is 5.82 Å². The van der Waals surface area contributed by atoms with Gasteiger partial charge >= 0.3 is 0 Å². The van der Waals surface area contributed by atoms with Gasteiger partial charge in [0.2, 0.25) is 11.9 Å². The van der Waals surface area contributed by atoms with Crippen molar-refractivity contribution in [1.29, 1.82) is 0 Å². The molecule has 6 N–H and O–H groups in total. The monoisotopic (exact) mass is 458 g/mol. The summed E-state index contributed by atoms with van der Waals surface area (Å²) in [6.07, 6.45) is 1.68. The number of anilines is 4. The number of methoxy groups -OCH3 is 1. The Morgan fingerprint density at radius 1 is 1.15 bits per heavy atom. The molecule has 2 aromatic carbocycles. The van der Waals surface area contributed by atoms with Crippen LogP contribution in [0.4, 0.5) is 23.3 Å². The molecule has 2 aromatic heterocycles. The first-order valence-corrected chi connectivity index (χ1v) is 11.1. The molecule has 5 rings (SSSR count). The number of hydrogen-bond donors (Lipinski definition) is 4. The highest BCUT2D eigenvalue weighted by molar-refractivity contribution is 5.93. The molecule has 1 fully saturated rings. The predicted octanol–water partition coefficient (Wildman–Crippen LogP) is 3.05. The van der Waals surface area contributed by atoms with E-state index in [-0.39, 0.29) is 17.8 Å². The number of carbonyl (C=O) groups is 1. The Bertz CT molecular complexity index is 1330. The van der Waals surface area contributed by atoms with Crippen molar-refractivity contribution in [2.24, 2.45) is 5.92 Å². The summed E-state index contributed by atoms with van der Waals surface area (Å²) in [4.78, 5) is 23.9. The second kappa shape index (κ2) is 8.89. The van der Waals surface area contributed by atoms with Crippen LogP contribution in [0.5, 0.6) is 5.75 Å². The molecule has 1 atom stereocenters. The molecule has 1 amide bonds. The number of aromatic nitrogens is 4. The number of benzene rings is 2. The summed E-state index contributed by atoms with van der Waals surface area (Å²) in [5.74, 6) is 1.90. The lowest BCUT2D eigenvalue weighted by Crippen LogP contribution is -2.41. The number of nitrogen functional groups attached to an aromatic ring is 2. The number of nitrogens with two attached hydrogens (primary N) is 2. The number of fused-ring (bicyclic) bond motifs is 1. The van der Waals surface area contributed by atoms with Gasteiger partial charge in [-0.25, -0.2) is 4.98 Å². The minimum atomic E-state index is -0.167. The van der Waals surface area contributed by atoms with E-state index in [0.717, 1.165) is 47.3 Å². The van der Waals surface area contributed by atoms with Gasteiger partial charge in [-0.1, -0.05) is 6.07 Å². The fourth-order valence-corrected chi connectivity index (χ4v) is 4.28. The standard InChI is InChI=1S/C24H26N8O2/c1-34-17-7-5-16(6-8-17)27-23(33)15-3-2-10-32(13-15)21-12-19(28-24(26)29-21)14-4-9-18-20(11-14)30-31-22(18)25/h4-9,11-12,15H,2-3,10,13H2,1H3,(H,27,33)(H3,25,30,31)(H2,26,28,29)/t15-/m0/s1. The minimum Gasteiger partial charge on any atom is -0.497 e. The van der Waals surface area contributed by atoms with Crippen LogP contribution in [-0.2, 0) is 4.79 Å². The third-order valence-corrected chi connectivity index (χ3v) is 6.09. The third kappa shape index (κ3) is 4.29. The van der Waals surface area contributed by atoms with Gasteiger partial charge in [-0.2, -0.15) is 10.1 Å². The van der Waals surface area contributed by atoms with Gasteiger partial charge in [0.25, 0.3) is 0 Å². The predicted molar refractivity (Wildman–Crippen MR) is 133 cm³/mol. The van der Waals surface area contributed by atoms with Gasteiger partial charge in [-0.3, -0.25) is 9.89 Å². The summed E-state index contributed by atoms with van der Waals surface area (Å²) in [5.41, 5.74) is 15.1. The van der Waals surface area contributed by atoms with Gasteiger partial charge in [-0.05, 0) is 49.2 Å². The van der Waals surface area contributed by atoms with Crippen molar-refractivity contribution in [3.63, 3.8) is 0 Å². The first-order chi connectivity index (χ1) is 16.5. The summed E-state index contributed by atoms with van der Waals surface area (Å²) < 4.78 is 5.17. The number of ether oxygens (including phenoxy) is 1. The molecule has 0 bridgehead atoms. The summed E-state index contributed by atoms with van der Waals surface area (Å²) in [7, 11) is 1.61. The van der Waals surface area contributed by atoms with Crippen LogP contribution >= 0.6 is 0 Å². The fraction of sp³-hybridized carbons (Fsp3) is 0.250. The van der Waals surface area contributed by atoms with Crippen molar-refractivity contribution in [2.75, 3.05) is 41.9 Å². The van der Waals surface area contributed by atoms with Crippen LogP contribution < -0.4 is 26.4 Å². The molecular formula is C24H26N8O2. The molecule has 3 heterocycles. The molecule has 34 heavy (non-hydrogen) atoms. The summed E-state index contributed by atoms with van der Waals surface area (Å²) >= 11 is 0. The van der Waals surface area contributed by atoms with Crippen LogP contribution in [0.1, 0.15) is 12.8 Å². The van der Waals surface area contributed by atoms with Crippen LogP contribution in [0.15, 0.2) is 48.5 Å². The number of carbonyl (C=O) groups excluding carboxylic acids is 1. The number of rotatable bonds is 5. The van der Waals surface area contributed by atoms with E-state index >= 15 is 0 Å². The van der Waals surface area contributed by atoms with Crippen molar-refractivity contribution >= 4 is 40.1 Å².